The molecule has 0 atom stereocenters. The van der Waals surface area contributed by atoms with E-state index in [-0.39, 0.29) is 35.1 Å². The van der Waals surface area contributed by atoms with Gasteiger partial charge in [-0.1, -0.05) is 29.4 Å². The maximum atomic E-state index is 14.3. The molecule has 0 unspecified atom stereocenters. The molecule has 0 radical (unpaired) electrons. The van der Waals surface area contributed by atoms with E-state index in [4.69, 9.17) is 10.3 Å². The highest BCUT2D eigenvalue weighted by Gasteiger charge is 2.31. The summed E-state index contributed by atoms with van der Waals surface area (Å²) in [5, 5.41) is 10.9. The van der Waals surface area contributed by atoms with Crippen molar-refractivity contribution < 1.29 is 31.6 Å². The van der Waals surface area contributed by atoms with E-state index in [1.165, 1.54) is 35.3 Å². The molecule has 0 aliphatic carbocycles. The van der Waals surface area contributed by atoms with Crippen molar-refractivity contribution in [3.05, 3.63) is 90.1 Å². The van der Waals surface area contributed by atoms with Gasteiger partial charge in [0.05, 0.1) is 18.4 Å². The standard InChI is InChI=1S/C25H17F4N7O3/c26-17-7-2-1-4-15(17)13-36-21(18-8-9-38-35-18)11-19(34-36)23-31-12-20(22(30)33-23)32-24(37)14-5-3-6-16(10-14)39-25(27,28)29/h1-12H,13H2,(H,32,37)(H2,30,31,33). The third-order valence-electron chi connectivity index (χ3n) is 5.38. The van der Waals surface area contributed by atoms with Gasteiger partial charge >= 0.3 is 6.36 Å². The zero-order valence-corrected chi connectivity index (χ0v) is 19.7. The summed E-state index contributed by atoms with van der Waals surface area (Å²) in [6.45, 7) is 0.0790. The molecule has 14 heteroatoms. The normalized spacial score (nSPS) is 11.4. The second kappa shape index (κ2) is 10.2. The van der Waals surface area contributed by atoms with Crippen LogP contribution in [0.1, 0.15) is 15.9 Å². The van der Waals surface area contributed by atoms with Crippen molar-refractivity contribution in [1.82, 2.24) is 24.9 Å². The molecule has 2 aromatic carbocycles. The molecular formula is C25H17F4N7O3. The number of carbonyl (C=O) groups excluding carboxylic acids is 1. The van der Waals surface area contributed by atoms with Gasteiger partial charge in [0.25, 0.3) is 5.91 Å². The van der Waals surface area contributed by atoms with Gasteiger partial charge < -0.3 is 20.3 Å². The molecule has 3 aromatic heterocycles. The van der Waals surface area contributed by atoms with Crippen LogP contribution >= 0.6 is 0 Å². The summed E-state index contributed by atoms with van der Waals surface area (Å²) in [6.07, 6.45) is -2.29. The minimum absolute atomic E-state index is 0.0217. The number of alkyl halides is 3. The van der Waals surface area contributed by atoms with Crippen LogP contribution in [0.4, 0.5) is 29.1 Å². The second-order valence-corrected chi connectivity index (χ2v) is 8.07. The minimum Gasteiger partial charge on any atom is -0.406 e. The van der Waals surface area contributed by atoms with E-state index in [9.17, 15) is 22.4 Å². The molecule has 5 aromatic rings. The number of rotatable bonds is 7. The van der Waals surface area contributed by atoms with Gasteiger partial charge in [-0.15, -0.1) is 13.2 Å². The van der Waals surface area contributed by atoms with Gasteiger partial charge in [-0.3, -0.25) is 9.48 Å². The monoisotopic (exact) mass is 539 g/mol. The van der Waals surface area contributed by atoms with Crippen molar-refractivity contribution in [2.45, 2.75) is 12.9 Å². The lowest BCUT2D eigenvalue weighted by molar-refractivity contribution is -0.274. The molecule has 0 spiro atoms. The van der Waals surface area contributed by atoms with Crippen LogP contribution in [0.5, 0.6) is 5.75 Å². The Morgan fingerprint density at radius 1 is 1.08 bits per heavy atom. The molecule has 0 aliphatic rings. The number of amides is 1. The number of nitrogens with two attached hydrogens (primary N) is 1. The Bertz CT molecular complexity index is 1640. The quantitative estimate of drug-likeness (QED) is 0.279. The van der Waals surface area contributed by atoms with Crippen LogP contribution in [0.3, 0.4) is 0 Å². The summed E-state index contributed by atoms with van der Waals surface area (Å²) in [4.78, 5) is 21.0. The predicted octanol–water partition coefficient (Wildman–Crippen LogP) is 4.92. The fourth-order valence-corrected chi connectivity index (χ4v) is 3.63. The predicted molar refractivity (Wildman–Crippen MR) is 130 cm³/mol. The number of anilines is 2. The fourth-order valence-electron chi connectivity index (χ4n) is 3.63. The summed E-state index contributed by atoms with van der Waals surface area (Å²) < 4.78 is 62.1. The Hall–Kier alpha value is -5.27. The zero-order valence-electron chi connectivity index (χ0n) is 19.7. The Labute approximate surface area is 217 Å². The van der Waals surface area contributed by atoms with Crippen molar-refractivity contribution >= 4 is 17.4 Å². The number of hydrogen-bond acceptors (Lipinski definition) is 8. The molecule has 1 amide bonds. The first kappa shape index (κ1) is 25.4. The number of nitrogens with zero attached hydrogens (tertiary/aromatic N) is 5. The number of benzene rings is 2. The van der Waals surface area contributed by atoms with Crippen LogP contribution in [0.15, 0.2) is 77.6 Å². The van der Waals surface area contributed by atoms with Crippen LogP contribution in [-0.4, -0.2) is 37.2 Å². The van der Waals surface area contributed by atoms with E-state index in [0.29, 0.717) is 17.0 Å². The van der Waals surface area contributed by atoms with Crippen LogP contribution in [0, 0.1) is 5.82 Å². The van der Waals surface area contributed by atoms with Crippen molar-refractivity contribution in [2.75, 3.05) is 11.1 Å². The SMILES string of the molecule is Nc1nc(-c2cc(-c3ccon3)n(Cc3ccccc3F)n2)ncc1NC(=O)c1cccc(OC(F)(F)F)c1. The molecule has 3 N–H and O–H groups in total. The van der Waals surface area contributed by atoms with Gasteiger partial charge in [0.1, 0.15) is 34.9 Å². The number of halogens is 4. The topological polar surface area (TPSA) is 134 Å². The largest absolute Gasteiger partial charge is 0.573 e. The second-order valence-electron chi connectivity index (χ2n) is 8.07. The van der Waals surface area contributed by atoms with Gasteiger partial charge in [-0.25, -0.2) is 14.4 Å². The lowest BCUT2D eigenvalue weighted by Gasteiger charge is -2.11. The molecule has 5 rings (SSSR count). The highest BCUT2D eigenvalue weighted by atomic mass is 19.4. The van der Waals surface area contributed by atoms with Gasteiger partial charge in [0.15, 0.2) is 11.6 Å². The molecule has 0 saturated heterocycles. The molecule has 198 valence electrons. The first-order valence-corrected chi connectivity index (χ1v) is 11.2. The summed E-state index contributed by atoms with van der Waals surface area (Å²) in [7, 11) is 0. The average molecular weight is 539 g/mol. The Morgan fingerprint density at radius 3 is 2.62 bits per heavy atom. The van der Waals surface area contributed by atoms with Gasteiger partial charge in [0, 0.05) is 17.2 Å². The third kappa shape index (κ3) is 5.84. The molecule has 0 bridgehead atoms. The summed E-state index contributed by atoms with van der Waals surface area (Å²) in [5.74, 6) is -1.74. The Balaban J connectivity index is 1.40. The van der Waals surface area contributed by atoms with E-state index in [1.807, 2.05) is 0 Å². The third-order valence-corrected chi connectivity index (χ3v) is 5.38. The van der Waals surface area contributed by atoms with E-state index in [2.05, 4.69) is 30.3 Å². The van der Waals surface area contributed by atoms with Gasteiger partial charge in [-0.2, -0.15) is 5.10 Å². The number of nitrogens with one attached hydrogen (secondary N) is 1. The summed E-state index contributed by atoms with van der Waals surface area (Å²) >= 11 is 0. The summed E-state index contributed by atoms with van der Waals surface area (Å²) in [5.41, 5.74) is 7.56. The average Bonchev–Trinajstić information content (AvgIpc) is 3.56. The smallest absolute Gasteiger partial charge is 0.406 e. The number of carbonyl (C=O) groups is 1. The number of ether oxygens (including phenoxy) is 1. The Kier molecular flexibility index (Phi) is 6.66. The van der Waals surface area contributed by atoms with Crippen molar-refractivity contribution in [1.29, 1.82) is 0 Å². The van der Waals surface area contributed by atoms with Crippen molar-refractivity contribution in [2.24, 2.45) is 0 Å². The van der Waals surface area contributed by atoms with E-state index in [0.717, 1.165) is 12.1 Å². The van der Waals surface area contributed by atoms with Crippen LogP contribution < -0.4 is 15.8 Å². The molecule has 0 fully saturated rings. The zero-order chi connectivity index (χ0) is 27.6. The summed E-state index contributed by atoms with van der Waals surface area (Å²) in [6, 6.07) is 14.0. The molecular weight excluding hydrogens is 522 g/mol. The highest BCUT2D eigenvalue weighted by Crippen LogP contribution is 2.27. The van der Waals surface area contributed by atoms with Crippen LogP contribution in [0.25, 0.3) is 22.9 Å². The molecule has 39 heavy (non-hydrogen) atoms. The van der Waals surface area contributed by atoms with Crippen molar-refractivity contribution in [3.8, 4) is 28.7 Å². The van der Waals surface area contributed by atoms with E-state index < -0.39 is 23.8 Å². The molecule has 0 saturated carbocycles. The minimum atomic E-state index is -4.90. The lowest BCUT2D eigenvalue weighted by atomic mass is 10.2. The lowest BCUT2D eigenvalue weighted by Crippen LogP contribution is -2.18. The van der Waals surface area contributed by atoms with Gasteiger partial charge in [0.2, 0.25) is 0 Å². The molecule has 3 heterocycles. The maximum absolute atomic E-state index is 14.3. The van der Waals surface area contributed by atoms with Crippen molar-refractivity contribution in [3.63, 3.8) is 0 Å². The fraction of sp³-hybridized carbons (Fsp3) is 0.0800. The maximum Gasteiger partial charge on any atom is 0.573 e. The Morgan fingerprint density at radius 2 is 1.90 bits per heavy atom. The van der Waals surface area contributed by atoms with Crippen LogP contribution in [0.2, 0.25) is 0 Å². The first-order chi connectivity index (χ1) is 18.7. The molecule has 10 nitrogen and oxygen atoms in total. The number of aromatic nitrogens is 5. The van der Waals surface area contributed by atoms with Crippen LogP contribution in [-0.2, 0) is 6.54 Å². The molecule has 0 aliphatic heterocycles. The van der Waals surface area contributed by atoms with E-state index in [1.54, 1.807) is 30.3 Å². The van der Waals surface area contributed by atoms with Gasteiger partial charge in [-0.05, 0) is 30.3 Å². The first-order valence-electron chi connectivity index (χ1n) is 11.2. The highest BCUT2D eigenvalue weighted by molar-refractivity contribution is 6.05. The number of nitrogen functional groups attached to an aromatic ring is 1. The number of hydrogen-bond donors (Lipinski definition) is 2. The van der Waals surface area contributed by atoms with E-state index >= 15 is 0 Å².